The molecule has 296 valence electrons. The fourth-order valence-electron chi connectivity index (χ4n) is 14.8. The largest absolute Gasteiger partial charge is 0.481 e. The van der Waals surface area contributed by atoms with Gasteiger partial charge in [-0.3, -0.25) is 19.2 Å². The number of carboxylic acid groups (broad SMARTS) is 1. The van der Waals surface area contributed by atoms with Gasteiger partial charge in [0.05, 0.1) is 11.8 Å². The van der Waals surface area contributed by atoms with Gasteiger partial charge in [-0.15, -0.1) is 0 Å². The first-order chi connectivity index (χ1) is 24.7. The number of Topliss-reactive ketones (excluding diaryl/α,β-unsaturated/α-hetero) is 1. The van der Waals surface area contributed by atoms with Crippen LogP contribution in [0, 0.1) is 73.9 Å². The highest BCUT2D eigenvalue weighted by atomic mass is 16.5. The first-order valence-electron chi connectivity index (χ1n) is 21.4. The molecule has 0 aromatic carbocycles. The van der Waals surface area contributed by atoms with Crippen molar-refractivity contribution in [2.75, 3.05) is 19.6 Å². The number of aliphatic carboxylic acids is 1. The summed E-state index contributed by atoms with van der Waals surface area (Å²) in [5, 5.41) is 16.4. The lowest BCUT2D eigenvalue weighted by molar-refractivity contribution is -0.236. The highest BCUT2D eigenvalue weighted by molar-refractivity contribution is 6.01. The Hall–Kier alpha value is -2.22. The van der Waals surface area contributed by atoms with Crippen LogP contribution in [-0.4, -0.2) is 54.5 Å². The lowest BCUT2D eigenvalue weighted by Crippen LogP contribution is -2.66. The summed E-state index contributed by atoms with van der Waals surface area (Å²) in [5.41, 5.74) is 1.47. The third kappa shape index (κ3) is 5.82. The molecule has 1 amide bonds. The second kappa shape index (κ2) is 13.2. The Morgan fingerprint density at radius 3 is 2.25 bits per heavy atom. The number of hydrogen-bond acceptors (Lipinski definition) is 6. The second-order valence-electron chi connectivity index (χ2n) is 21.5. The van der Waals surface area contributed by atoms with E-state index in [2.05, 4.69) is 59.1 Å². The molecule has 11 atom stereocenters. The summed E-state index contributed by atoms with van der Waals surface area (Å²) in [7, 11) is 0. The summed E-state index contributed by atoms with van der Waals surface area (Å²) >= 11 is 0. The standard InChI is InChI=1S/C45H70N2O6/c1-26(2)36-31(48)22-45(23-35(49)47-25-27-11-10-20-46-24-27)19-18-43(8)28(37(36)45)12-13-33-42(7)16-15-34(41(5,6)32(42)14-17-44(33,43)9)53-39(52)30-21-29(38(50)51)40(30,3)4/h26-30,32-34,46H,10-25H2,1-9H3,(H,47,49)(H,50,51)/t27-,28-,29+,30-,32+,33-,34+,42+,43-,44-,45+/m1/s1. The van der Waals surface area contributed by atoms with Crippen LogP contribution >= 0.6 is 0 Å². The Morgan fingerprint density at radius 2 is 1.60 bits per heavy atom. The first kappa shape index (κ1) is 39.0. The van der Waals surface area contributed by atoms with Gasteiger partial charge in [0, 0.05) is 30.2 Å². The number of allylic oxidation sites excluding steroid dienone is 2. The third-order valence-corrected chi connectivity index (χ3v) is 18.1. The molecule has 6 fully saturated rings. The van der Waals surface area contributed by atoms with Crippen molar-refractivity contribution in [1.29, 1.82) is 0 Å². The predicted molar refractivity (Wildman–Crippen MR) is 206 cm³/mol. The minimum Gasteiger partial charge on any atom is -0.481 e. The zero-order valence-electron chi connectivity index (χ0n) is 34.4. The van der Waals surface area contributed by atoms with Crippen molar-refractivity contribution in [2.24, 2.45) is 73.9 Å². The molecule has 8 nitrogen and oxygen atoms in total. The molecular formula is C45H70N2O6. The number of ether oxygens (including phenoxy) is 1. The number of esters is 1. The molecule has 0 unspecified atom stereocenters. The summed E-state index contributed by atoms with van der Waals surface area (Å²) in [5.74, 6) is 0.348. The van der Waals surface area contributed by atoms with Crippen molar-refractivity contribution in [2.45, 2.75) is 152 Å². The smallest absolute Gasteiger partial charge is 0.309 e. The van der Waals surface area contributed by atoms with Gasteiger partial charge in [0.1, 0.15) is 6.10 Å². The topological polar surface area (TPSA) is 122 Å². The Balaban J connectivity index is 1.12. The Morgan fingerprint density at radius 1 is 0.868 bits per heavy atom. The predicted octanol–water partition coefficient (Wildman–Crippen LogP) is 8.13. The van der Waals surface area contributed by atoms with Crippen LogP contribution < -0.4 is 10.6 Å². The summed E-state index contributed by atoms with van der Waals surface area (Å²) in [6.45, 7) is 23.2. The van der Waals surface area contributed by atoms with Crippen LogP contribution in [0.2, 0.25) is 0 Å². The monoisotopic (exact) mass is 735 g/mol. The van der Waals surface area contributed by atoms with Crippen molar-refractivity contribution in [3.05, 3.63) is 11.1 Å². The summed E-state index contributed by atoms with van der Waals surface area (Å²) in [6.07, 6.45) is 11.6. The van der Waals surface area contributed by atoms with Crippen molar-refractivity contribution < 1.29 is 29.0 Å². The van der Waals surface area contributed by atoms with Gasteiger partial charge in [0.2, 0.25) is 5.91 Å². The van der Waals surface area contributed by atoms with Crippen molar-refractivity contribution in [3.8, 4) is 0 Å². The van der Waals surface area contributed by atoms with Crippen molar-refractivity contribution in [3.63, 3.8) is 0 Å². The number of hydrogen-bond donors (Lipinski definition) is 3. The molecule has 1 aliphatic heterocycles. The van der Waals surface area contributed by atoms with Gasteiger partial charge in [-0.05, 0) is 141 Å². The molecule has 1 heterocycles. The maximum atomic E-state index is 14.0. The Bertz CT molecular complexity index is 1560. The number of piperidine rings is 1. The average Bonchev–Trinajstić information content (AvgIpc) is 3.37. The number of ketones is 1. The van der Waals surface area contributed by atoms with E-state index in [1.54, 1.807) is 0 Å². The third-order valence-electron chi connectivity index (χ3n) is 18.1. The van der Waals surface area contributed by atoms with Crippen LogP contribution in [0.3, 0.4) is 0 Å². The molecule has 0 spiro atoms. The molecule has 0 aromatic heterocycles. The van der Waals surface area contributed by atoms with Crippen LogP contribution in [0.4, 0.5) is 0 Å². The van der Waals surface area contributed by atoms with Crippen LogP contribution in [0.25, 0.3) is 0 Å². The van der Waals surface area contributed by atoms with Crippen LogP contribution in [0.15, 0.2) is 11.1 Å². The normalized spacial score (nSPS) is 44.2. The number of rotatable bonds is 8. The van der Waals surface area contributed by atoms with Crippen molar-refractivity contribution >= 4 is 23.6 Å². The first-order valence-corrected chi connectivity index (χ1v) is 21.4. The molecule has 7 rings (SSSR count). The second-order valence-corrected chi connectivity index (χ2v) is 21.5. The molecule has 5 saturated carbocycles. The fourth-order valence-corrected chi connectivity index (χ4v) is 14.8. The number of fused-ring (bicyclic) bond motifs is 7. The van der Waals surface area contributed by atoms with E-state index in [1.165, 1.54) is 5.57 Å². The quantitative estimate of drug-likeness (QED) is 0.215. The summed E-state index contributed by atoms with van der Waals surface area (Å²) in [4.78, 5) is 53.2. The number of amides is 1. The van der Waals surface area contributed by atoms with Crippen LogP contribution in [0.5, 0.6) is 0 Å². The number of carbonyl (C=O) groups excluding carboxylic acids is 3. The average molecular weight is 735 g/mol. The molecular weight excluding hydrogens is 665 g/mol. The number of nitrogens with one attached hydrogen (secondary N) is 2. The van der Waals surface area contributed by atoms with E-state index in [1.807, 2.05) is 13.8 Å². The zero-order valence-corrected chi connectivity index (χ0v) is 34.4. The van der Waals surface area contributed by atoms with E-state index in [0.717, 1.165) is 82.9 Å². The lowest BCUT2D eigenvalue weighted by atomic mass is 9.33. The highest BCUT2D eigenvalue weighted by Gasteiger charge is 2.70. The van der Waals surface area contributed by atoms with Crippen LogP contribution in [0.1, 0.15) is 146 Å². The minimum absolute atomic E-state index is 0.0294. The summed E-state index contributed by atoms with van der Waals surface area (Å²) < 4.78 is 6.42. The van der Waals surface area contributed by atoms with Crippen LogP contribution in [-0.2, 0) is 23.9 Å². The maximum absolute atomic E-state index is 14.0. The molecule has 6 aliphatic carbocycles. The molecule has 0 bridgehead atoms. The number of carbonyl (C=O) groups is 4. The molecule has 3 N–H and O–H groups in total. The van der Waals surface area contributed by atoms with E-state index < -0.39 is 17.3 Å². The minimum atomic E-state index is -0.824. The molecule has 7 aliphatic rings. The zero-order chi connectivity index (χ0) is 38.5. The van der Waals surface area contributed by atoms with Gasteiger partial charge >= 0.3 is 11.9 Å². The molecule has 8 heteroatoms. The lowest BCUT2D eigenvalue weighted by Gasteiger charge is -2.72. The van der Waals surface area contributed by atoms with Gasteiger partial charge in [-0.2, -0.15) is 0 Å². The summed E-state index contributed by atoms with van der Waals surface area (Å²) in [6, 6.07) is 0. The van der Waals surface area contributed by atoms with E-state index in [4.69, 9.17) is 4.74 Å². The Labute approximate surface area is 319 Å². The van der Waals surface area contributed by atoms with Gasteiger partial charge in [-0.1, -0.05) is 67.9 Å². The van der Waals surface area contributed by atoms with Gasteiger partial charge in [-0.25, -0.2) is 0 Å². The molecule has 0 radical (unpaired) electrons. The molecule has 0 aromatic rings. The van der Waals surface area contributed by atoms with Gasteiger partial charge in [0.25, 0.3) is 0 Å². The molecule has 53 heavy (non-hydrogen) atoms. The SMILES string of the molecule is CC(C)C1=C2[C@H]3CC[C@@H]4[C@@]5(C)CC[C@H](OC(=O)[C@H]6C[C@@H](C(=O)O)C6(C)C)C(C)(C)[C@@H]5CC[C@@]4(C)[C@]3(C)CC[C@@]2(CC(=O)NC[C@@H]2CCCNC2)CC1=O. The Kier molecular flexibility index (Phi) is 9.71. The van der Waals surface area contributed by atoms with E-state index >= 15 is 0 Å². The van der Waals surface area contributed by atoms with E-state index in [9.17, 15) is 24.3 Å². The van der Waals surface area contributed by atoms with E-state index in [0.29, 0.717) is 49.5 Å². The van der Waals surface area contributed by atoms with Gasteiger partial charge < -0.3 is 20.5 Å². The van der Waals surface area contributed by atoms with Crippen molar-refractivity contribution in [1.82, 2.24) is 10.6 Å². The fraction of sp³-hybridized carbons (Fsp3) is 0.867. The molecule has 1 saturated heterocycles. The van der Waals surface area contributed by atoms with Gasteiger partial charge in [0.15, 0.2) is 5.78 Å². The maximum Gasteiger partial charge on any atom is 0.309 e. The number of carboxylic acids is 1. The van der Waals surface area contributed by atoms with E-state index in [-0.39, 0.29) is 62.7 Å². The highest BCUT2D eigenvalue weighted by Crippen LogP contribution is 2.77.